The number of imidazole rings is 1. The fourth-order valence-electron chi connectivity index (χ4n) is 4.14. The van der Waals surface area contributed by atoms with Gasteiger partial charge in [-0.1, -0.05) is 24.3 Å². The number of alkyl halides is 1. The quantitative estimate of drug-likeness (QED) is 0.517. The van der Waals surface area contributed by atoms with Gasteiger partial charge in [-0.25, -0.2) is 22.5 Å². The molecule has 162 valence electrons. The van der Waals surface area contributed by atoms with Gasteiger partial charge in [0.2, 0.25) is 0 Å². The first-order valence-corrected chi connectivity index (χ1v) is 11.9. The van der Waals surface area contributed by atoms with Crippen LogP contribution in [0.4, 0.5) is 14.9 Å². The molecule has 1 aromatic heterocycles. The van der Waals surface area contributed by atoms with E-state index < -0.39 is 16.1 Å². The number of rotatable bonds is 7. The molecule has 31 heavy (non-hydrogen) atoms. The SMILES string of the molecule is O=C1N(Cc2nc3ccccc3n2CCCCF)c2ccccc2S(=O)(=O)N1C1CC1. The van der Waals surface area contributed by atoms with E-state index in [1.165, 1.54) is 4.90 Å². The molecule has 0 atom stereocenters. The topological polar surface area (TPSA) is 75.5 Å². The minimum absolute atomic E-state index is 0.138. The van der Waals surface area contributed by atoms with Crippen molar-refractivity contribution < 1.29 is 17.6 Å². The van der Waals surface area contributed by atoms with E-state index in [1.807, 2.05) is 28.8 Å². The van der Waals surface area contributed by atoms with Crippen LogP contribution in [0, 0.1) is 0 Å². The minimum atomic E-state index is -3.87. The van der Waals surface area contributed by atoms with Gasteiger partial charge in [-0.15, -0.1) is 0 Å². The molecule has 2 heterocycles. The molecule has 1 aliphatic carbocycles. The normalized spacial score (nSPS) is 17.9. The molecule has 0 unspecified atom stereocenters. The summed E-state index contributed by atoms with van der Waals surface area (Å²) in [6, 6.07) is 13.4. The first kappa shape index (κ1) is 20.0. The number of aromatic nitrogens is 2. The maximum Gasteiger partial charge on any atom is 0.339 e. The Labute approximate surface area is 180 Å². The van der Waals surface area contributed by atoms with Crippen molar-refractivity contribution in [1.82, 2.24) is 13.9 Å². The van der Waals surface area contributed by atoms with E-state index in [9.17, 15) is 17.6 Å². The molecule has 0 saturated heterocycles. The molecule has 0 N–H and O–H groups in total. The van der Waals surface area contributed by atoms with Crippen molar-refractivity contribution in [3.05, 3.63) is 54.4 Å². The zero-order chi connectivity index (χ0) is 21.6. The lowest BCUT2D eigenvalue weighted by Crippen LogP contribution is -2.51. The van der Waals surface area contributed by atoms with Gasteiger partial charge in [-0.05, 0) is 49.9 Å². The van der Waals surface area contributed by atoms with Crippen molar-refractivity contribution in [1.29, 1.82) is 0 Å². The summed E-state index contributed by atoms with van der Waals surface area (Å²) in [7, 11) is -3.87. The molecule has 2 aliphatic rings. The van der Waals surface area contributed by atoms with E-state index in [4.69, 9.17) is 4.98 Å². The third-order valence-corrected chi connectivity index (χ3v) is 7.66. The smallest absolute Gasteiger partial charge is 0.326 e. The first-order chi connectivity index (χ1) is 15.0. The maximum absolute atomic E-state index is 13.4. The summed E-state index contributed by atoms with van der Waals surface area (Å²) in [6.45, 7) is 0.334. The zero-order valence-electron chi connectivity index (χ0n) is 16.9. The molecule has 2 aromatic carbocycles. The molecular formula is C22H23FN4O3S. The lowest BCUT2D eigenvalue weighted by atomic mass is 10.2. The van der Waals surface area contributed by atoms with Crippen molar-refractivity contribution in [3.8, 4) is 0 Å². The summed E-state index contributed by atoms with van der Waals surface area (Å²) in [5.41, 5.74) is 2.08. The molecule has 1 aliphatic heterocycles. The molecule has 2 amide bonds. The second-order valence-corrected chi connectivity index (χ2v) is 9.72. The largest absolute Gasteiger partial charge is 0.339 e. The molecule has 0 spiro atoms. The Bertz CT molecular complexity index is 1250. The molecule has 3 aromatic rings. The number of nitrogens with zero attached hydrogens (tertiary/aromatic N) is 4. The van der Waals surface area contributed by atoms with Crippen LogP contribution in [0.1, 0.15) is 31.5 Å². The Hall–Kier alpha value is -2.94. The number of amides is 2. The number of fused-ring (bicyclic) bond motifs is 2. The fourth-order valence-corrected chi connectivity index (χ4v) is 5.96. The van der Waals surface area contributed by atoms with E-state index in [0.29, 0.717) is 43.7 Å². The summed E-state index contributed by atoms with van der Waals surface area (Å²) in [5, 5.41) is 0. The van der Waals surface area contributed by atoms with Gasteiger partial charge in [-0.3, -0.25) is 9.29 Å². The Balaban J connectivity index is 1.58. The van der Waals surface area contributed by atoms with Crippen molar-refractivity contribution in [3.63, 3.8) is 0 Å². The third kappa shape index (κ3) is 3.37. The zero-order valence-corrected chi connectivity index (χ0v) is 17.8. The van der Waals surface area contributed by atoms with Crippen molar-refractivity contribution in [2.75, 3.05) is 11.6 Å². The molecule has 0 radical (unpaired) electrons. The Kier molecular flexibility index (Phi) is 4.92. The van der Waals surface area contributed by atoms with Gasteiger partial charge < -0.3 is 4.57 Å². The second-order valence-electron chi connectivity index (χ2n) is 7.93. The number of para-hydroxylation sites is 3. The number of hydrogen-bond donors (Lipinski definition) is 0. The number of halogens is 1. The molecule has 1 fully saturated rings. The Morgan fingerprint density at radius 2 is 1.77 bits per heavy atom. The Morgan fingerprint density at radius 3 is 2.55 bits per heavy atom. The molecule has 9 heteroatoms. The van der Waals surface area contributed by atoms with E-state index >= 15 is 0 Å². The number of sulfonamides is 1. The number of hydrogen-bond acceptors (Lipinski definition) is 4. The van der Waals surface area contributed by atoms with Gasteiger partial charge in [0.15, 0.2) is 0 Å². The molecule has 1 saturated carbocycles. The molecule has 5 rings (SSSR count). The van der Waals surface area contributed by atoms with Crippen LogP contribution in [0.3, 0.4) is 0 Å². The monoisotopic (exact) mass is 442 g/mol. The average Bonchev–Trinajstić information content (AvgIpc) is 3.53. The third-order valence-electron chi connectivity index (χ3n) is 5.79. The highest BCUT2D eigenvalue weighted by Crippen LogP contribution is 2.41. The standard InChI is InChI=1S/C22H23FN4O3S/c23-13-5-6-14-25-18-8-2-1-7-17(18)24-21(25)15-26-19-9-3-4-10-20(19)31(29,30)27(22(26)28)16-11-12-16/h1-4,7-10,16H,5-6,11-15H2. The number of carbonyl (C=O) groups excluding carboxylic acids is 1. The average molecular weight is 443 g/mol. The van der Waals surface area contributed by atoms with E-state index in [2.05, 4.69) is 0 Å². The van der Waals surface area contributed by atoms with Crippen molar-refractivity contribution in [2.45, 2.75) is 49.7 Å². The molecular weight excluding hydrogens is 419 g/mol. The fraction of sp³-hybridized carbons (Fsp3) is 0.364. The number of carbonyl (C=O) groups is 1. The van der Waals surface area contributed by atoms with Gasteiger partial charge in [-0.2, -0.15) is 0 Å². The van der Waals surface area contributed by atoms with E-state index in [0.717, 1.165) is 15.3 Å². The highest BCUT2D eigenvalue weighted by molar-refractivity contribution is 7.90. The highest BCUT2D eigenvalue weighted by atomic mass is 32.2. The predicted molar refractivity (Wildman–Crippen MR) is 115 cm³/mol. The van der Waals surface area contributed by atoms with Crippen LogP contribution in [-0.2, 0) is 23.1 Å². The maximum atomic E-state index is 13.4. The number of aryl methyl sites for hydroxylation is 1. The highest BCUT2D eigenvalue weighted by Gasteiger charge is 2.48. The van der Waals surface area contributed by atoms with Gasteiger partial charge in [0.25, 0.3) is 10.0 Å². The van der Waals surface area contributed by atoms with Crippen LogP contribution in [0.15, 0.2) is 53.4 Å². The number of benzene rings is 2. The van der Waals surface area contributed by atoms with Crippen molar-refractivity contribution in [2.24, 2.45) is 0 Å². The number of unbranched alkanes of at least 4 members (excludes halogenated alkanes) is 1. The van der Waals surface area contributed by atoms with Crippen LogP contribution >= 0.6 is 0 Å². The summed E-state index contributed by atoms with van der Waals surface area (Å²) in [6.07, 6.45) is 2.47. The summed E-state index contributed by atoms with van der Waals surface area (Å²) < 4.78 is 41.9. The number of anilines is 1. The Morgan fingerprint density at radius 1 is 1.03 bits per heavy atom. The van der Waals surface area contributed by atoms with Crippen molar-refractivity contribution >= 4 is 32.8 Å². The van der Waals surface area contributed by atoms with E-state index in [-0.39, 0.29) is 24.2 Å². The molecule has 7 nitrogen and oxygen atoms in total. The minimum Gasteiger partial charge on any atom is -0.326 e. The van der Waals surface area contributed by atoms with E-state index in [1.54, 1.807) is 24.3 Å². The van der Waals surface area contributed by atoms with Gasteiger partial charge >= 0.3 is 6.03 Å². The summed E-state index contributed by atoms with van der Waals surface area (Å²) in [4.78, 5) is 19.7. The predicted octanol–water partition coefficient (Wildman–Crippen LogP) is 4.08. The van der Waals surface area contributed by atoms with Crippen LogP contribution in [-0.4, -0.2) is 41.0 Å². The van der Waals surface area contributed by atoms with Crippen LogP contribution in [0.5, 0.6) is 0 Å². The summed E-state index contributed by atoms with van der Waals surface area (Å²) >= 11 is 0. The van der Waals surface area contributed by atoms with Gasteiger partial charge in [0, 0.05) is 6.54 Å². The van der Waals surface area contributed by atoms with Gasteiger partial charge in [0.1, 0.15) is 10.7 Å². The van der Waals surface area contributed by atoms with Gasteiger partial charge in [0.05, 0.1) is 36.0 Å². The first-order valence-electron chi connectivity index (χ1n) is 10.5. The number of urea groups is 1. The van der Waals surface area contributed by atoms with Crippen LogP contribution in [0.2, 0.25) is 0 Å². The molecule has 0 bridgehead atoms. The van der Waals surface area contributed by atoms with Crippen LogP contribution in [0.25, 0.3) is 11.0 Å². The lowest BCUT2D eigenvalue weighted by molar-refractivity contribution is 0.225. The lowest BCUT2D eigenvalue weighted by Gasteiger charge is -2.36. The summed E-state index contributed by atoms with van der Waals surface area (Å²) in [5.74, 6) is 0.651. The van der Waals surface area contributed by atoms with Crippen LogP contribution < -0.4 is 4.90 Å². The second kappa shape index (κ2) is 7.64.